The number of rotatable bonds is 6. The summed E-state index contributed by atoms with van der Waals surface area (Å²) in [5.41, 5.74) is 0. The molecule has 0 rings (SSSR count). The van der Waals surface area contributed by atoms with Crippen LogP contribution in [-0.4, -0.2) is 22.6 Å². The van der Waals surface area contributed by atoms with Gasteiger partial charge in [-0.3, -0.25) is 4.79 Å². The summed E-state index contributed by atoms with van der Waals surface area (Å²) in [6.45, 7) is 5.67. The van der Waals surface area contributed by atoms with Crippen LogP contribution in [0.15, 0.2) is 0 Å². The highest BCUT2D eigenvalue weighted by molar-refractivity contribution is 8.01. The molecule has 0 aliphatic heterocycles. The number of aldehydes is 1. The van der Waals surface area contributed by atoms with Gasteiger partial charge in [0.25, 0.3) is 0 Å². The van der Waals surface area contributed by atoms with Gasteiger partial charge in [-0.2, -0.15) is 0 Å². The molecule has 0 saturated heterocycles. The van der Waals surface area contributed by atoms with Gasteiger partial charge < -0.3 is 4.79 Å². The minimum absolute atomic E-state index is 0.0860. The topological polar surface area (TPSA) is 34.1 Å². The van der Waals surface area contributed by atoms with Gasteiger partial charge in [0.2, 0.25) is 0 Å². The van der Waals surface area contributed by atoms with Crippen molar-refractivity contribution in [2.45, 2.75) is 44.1 Å². The molecular formula is C9H16O2S. The Morgan fingerprint density at radius 2 is 2.17 bits per heavy atom. The van der Waals surface area contributed by atoms with Gasteiger partial charge in [0.15, 0.2) is 0 Å². The number of hydrogen-bond donors (Lipinski definition) is 0. The van der Waals surface area contributed by atoms with Crippen LogP contribution in [0.25, 0.3) is 0 Å². The summed E-state index contributed by atoms with van der Waals surface area (Å²) in [6.07, 6.45) is 2.28. The Morgan fingerprint density at radius 1 is 1.58 bits per heavy atom. The fourth-order valence-electron chi connectivity index (χ4n) is 0.806. The molecule has 0 amide bonds. The lowest BCUT2D eigenvalue weighted by Crippen LogP contribution is -2.13. The summed E-state index contributed by atoms with van der Waals surface area (Å²) >= 11 is 1.58. The molecule has 12 heavy (non-hydrogen) atoms. The molecule has 0 spiro atoms. The lowest BCUT2D eigenvalue weighted by atomic mass is 10.2. The molecule has 2 nitrogen and oxygen atoms in total. The van der Waals surface area contributed by atoms with Gasteiger partial charge in [-0.15, -0.1) is 11.8 Å². The first-order valence-electron chi connectivity index (χ1n) is 4.20. The summed E-state index contributed by atoms with van der Waals surface area (Å²) in [5, 5.41) is 0.317. The lowest BCUT2D eigenvalue weighted by molar-refractivity contribution is -0.118. The van der Waals surface area contributed by atoms with E-state index in [1.165, 1.54) is 6.92 Å². The Hall–Kier alpha value is -0.310. The second-order valence-electron chi connectivity index (χ2n) is 2.94. The monoisotopic (exact) mass is 188 g/mol. The van der Waals surface area contributed by atoms with E-state index in [9.17, 15) is 9.59 Å². The molecule has 0 fully saturated rings. The number of Topliss-reactive ketones (excluding diaryl/α,β-unsaturated/α-hetero) is 1. The van der Waals surface area contributed by atoms with E-state index >= 15 is 0 Å². The molecule has 0 bridgehead atoms. The predicted octanol–water partition coefficient (Wildman–Crippen LogP) is 2.06. The quantitative estimate of drug-likeness (QED) is 0.598. The minimum atomic E-state index is -0.141. The first kappa shape index (κ1) is 11.7. The number of carbonyl (C=O) groups excluding carboxylic acids is 2. The van der Waals surface area contributed by atoms with E-state index in [-0.39, 0.29) is 11.0 Å². The molecule has 3 heteroatoms. The molecule has 70 valence electrons. The Kier molecular flexibility index (Phi) is 6.07. The molecule has 0 heterocycles. The molecule has 0 saturated carbocycles. The van der Waals surface area contributed by atoms with E-state index in [4.69, 9.17) is 0 Å². The molecule has 0 N–H and O–H groups in total. The van der Waals surface area contributed by atoms with Crippen LogP contribution in [0.1, 0.15) is 33.6 Å². The Bertz CT molecular complexity index is 157. The maximum Gasteiger partial charge on any atom is 0.133 e. The van der Waals surface area contributed by atoms with Crippen molar-refractivity contribution in [2.24, 2.45) is 0 Å². The SMILES string of the molecule is CCC(C)SC(C=O)CC(C)=O. The van der Waals surface area contributed by atoms with Crippen LogP contribution in [0.3, 0.4) is 0 Å². The summed E-state index contributed by atoms with van der Waals surface area (Å²) < 4.78 is 0. The van der Waals surface area contributed by atoms with Gasteiger partial charge in [0.1, 0.15) is 12.1 Å². The maximum absolute atomic E-state index is 10.7. The molecule has 0 aliphatic rings. The highest BCUT2D eigenvalue weighted by Crippen LogP contribution is 2.21. The summed E-state index contributed by atoms with van der Waals surface area (Å²) in [4.78, 5) is 21.2. The molecule has 0 aromatic rings. The third-order valence-electron chi connectivity index (χ3n) is 1.62. The molecule has 0 aliphatic carbocycles. The largest absolute Gasteiger partial charge is 0.302 e. The first-order chi connectivity index (χ1) is 5.60. The Balaban J connectivity index is 3.82. The standard InChI is InChI=1S/C9H16O2S/c1-4-8(3)12-9(6-10)5-7(2)11/h6,8-9H,4-5H2,1-3H3. The molecular weight excluding hydrogens is 172 g/mol. The van der Waals surface area contributed by atoms with Gasteiger partial charge in [-0.1, -0.05) is 13.8 Å². The molecule has 0 radical (unpaired) electrons. The van der Waals surface area contributed by atoms with Crippen molar-refractivity contribution >= 4 is 23.8 Å². The molecule has 0 aromatic carbocycles. The second-order valence-corrected chi connectivity index (χ2v) is 4.62. The maximum atomic E-state index is 10.7. The normalized spacial score (nSPS) is 15.2. The fourth-order valence-corrected chi connectivity index (χ4v) is 1.99. The summed E-state index contributed by atoms with van der Waals surface area (Å²) in [6, 6.07) is 0. The van der Waals surface area contributed by atoms with Crippen LogP contribution < -0.4 is 0 Å². The number of hydrogen-bond acceptors (Lipinski definition) is 3. The predicted molar refractivity (Wildman–Crippen MR) is 52.5 cm³/mol. The van der Waals surface area contributed by atoms with Gasteiger partial charge in [-0.05, 0) is 13.3 Å². The first-order valence-corrected chi connectivity index (χ1v) is 5.14. The fraction of sp³-hybridized carbons (Fsp3) is 0.778. The van der Waals surface area contributed by atoms with E-state index in [0.29, 0.717) is 11.7 Å². The number of thioether (sulfide) groups is 1. The van der Waals surface area contributed by atoms with Gasteiger partial charge >= 0.3 is 0 Å². The van der Waals surface area contributed by atoms with Crippen molar-refractivity contribution in [3.05, 3.63) is 0 Å². The van der Waals surface area contributed by atoms with Crippen molar-refractivity contribution < 1.29 is 9.59 Å². The van der Waals surface area contributed by atoms with E-state index in [0.717, 1.165) is 12.7 Å². The lowest BCUT2D eigenvalue weighted by Gasteiger charge is -2.12. The Labute approximate surface area is 78.1 Å². The zero-order chi connectivity index (χ0) is 9.56. The van der Waals surface area contributed by atoms with E-state index in [2.05, 4.69) is 13.8 Å². The highest BCUT2D eigenvalue weighted by atomic mass is 32.2. The minimum Gasteiger partial charge on any atom is -0.302 e. The highest BCUT2D eigenvalue weighted by Gasteiger charge is 2.13. The van der Waals surface area contributed by atoms with E-state index < -0.39 is 0 Å². The third-order valence-corrected chi connectivity index (χ3v) is 3.05. The second kappa shape index (κ2) is 6.23. The van der Waals surface area contributed by atoms with Crippen LogP contribution in [0.5, 0.6) is 0 Å². The van der Waals surface area contributed by atoms with Crippen LogP contribution in [0, 0.1) is 0 Å². The van der Waals surface area contributed by atoms with Gasteiger partial charge in [0, 0.05) is 11.7 Å². The summed E-state index contributed by atoms with van der Waals surface area (Å²) in [7, 11) is 0. The van der Waals surface area contributed by atoms with Crippen LogP contribution in [0.4, 0.5) is 0 Å². The number of carbonyl (C=O) groups is 2. The molecule has 2 atom stereocenters. The average Bonchev–Trinajstić information content (AvgIpc) is 2.02. The van der Waals surface area contributed by atoms with Crippen LogP contribution >= 0.6 is 11.8 Å². The smallest absolute Gasteiger partial charge is 0.133 e. The average molecular weight is 188 g/mol. The van der Waals surface area contributed by atoms with Crippen LogP contribution in [0.2, 0.25) is 0 Å². The van der Waals surface area contributed by atoms with Gasteiger partial charge in [0.05, 0.1) is 5.25 Å². The zero-order valence-corrected chi connectivity index (χ0v) is 8.69. The van der Waals surface area contributed by atoms with Gasteiger partial charge in [-0.25, -0.2) is 0 Å². The Morgan fingerprint density at radius 3 is 2.50 bits per heavy atom. The third kappa shape index (κ3) is 5.35. The van der Waals surface area contributed by atoms with Crippen molar-refractivity contribution in [3.63, 3.8) is 0 Å². The zero-order valence-electron chi connectivity index (χ0n) is 7.87. The summed E-state index contributed by atoms with van der Waals surface area (Å²) in [5.74, 6) is 0.0860. The van der Waals surface area contributed by atoms with Crippen molar-refractivity contribution in [3.8, 4) is 0 Å². The molecule has 2 unspecified atom stereocenters. The van der Waals surface area contributed by atoms with E-state index in [1.807, 2.05) is 0 Å². The van der Waals surface area contributed by atoms with Crippen molar-refractivity contribution in [2.75, 3.05) is 0 Å². The molecule has 0 aromatic heterocycles. The van der Waals surface area contributed by atoms with Crippen molar-refractivity contribution in [1.82, 2.24) is 0 Å². The van der Waals surface area contributed by atoms with E-state index in [1.54, 1.807) is 11.8 Å². The number of ketones is 1. The van der Waals surface area contributed by atoms with Crippen molar-refractivity contribution in [1.29, 1.82) is 0 Å². The van der Waals surface area contributed by atoms with Crippen LogP contribution in [-0.2, 0) is 9.59 Å².